The van der Waals surface area contributed by atoms with Crippen LogP contribution in [0.1, 0.15) is 68.2 Å². The highest BCUT2D eigenvalue weighted by Gasteiger charge is 2.30. The summed E-state index contributed by atoms with van der Waals surface area (Å²) in [5.41, 5.74) is 9.75. The van der Waals surface area contributed by atoms with Gasteiger partial charge in [-0.25, -0.2) is 0 Å². The molecule has 2 aromatic carbocycles. The van der Waals surface area contributed by atoms with Crippen molar-refractivity contribution in [2.45, 2.75) is 58.9 Å². The molecule has 3 aromatic rings. The molecule has 0 bridgehead atoms. The van der Waals surface area contributed by atoms with Crippen LogP contribution in [0.4, 0.5) is 0 Å². The second kappa shape index (κ2) is 16.9. The van der Waals surface area contributed by atoms with Gasteiger partial charge in [-0.1, -0.05) is 45.4 Å². The zero-order valence-corrected chi connectivity index (χ0v) is 30.0. The molecule has 2 fully saturated rings. The number of benzene rings is 2. The van der Waals surface area contributed by atoms with Crippen LogP contribution in [0.2, 0.25) is 0 Å². The summed E-state index contributed by atoms with van der Waals surface area (Å²) in [5, 5.41) is 3.60. The van der Waals surface area contributed by atoms with Crippen molar-refractivity contribution in [1.82, 2.24) is 20.1 Å². The third-order valence-corrected chi connectivity index (χ3v) is 9.36. The molecule has 1 saturated carbocycles. The number of methoxy groups -OCH3 is 4. The van der Waals surface area contributed by atoms with Crippen molar-refractivity contribution in [1.29, 1.82) is 0 Å². The third-order valence-electron chi connectivity index (χ3n) is 9.36. The molecule has 8 heteroatoms. The van der Waals surface area contributed by atoms with Crippen LogP contribution < -0.4 is 24.3 Å². The first-order valence-corrected chi connectivity index (χ1v) is 17.6. The van der Waals surface area contributed by atoms with E-state index in [1.54, 1.807) is 21.3 Å². The number of nitrogens with one attached hydrogen (secondary N) is 1. The van der Waals surface area contributed by atoms with E-state index in [1.165, 1.54) is 40.7 Å². The largest absolute Gasteiger partial charge is 0.496 e. The lowest BCUT2D eigenvalue weighted by atomic mass is 9.93. The topological polar surface area (TPSA) is 68.3 Å². The molecular formula is C40H54N4O4. The van der Waals surface area contributed by atoms with Gasteiger partial charge in [0.05, 0.1) is 34.1 Å². The maximum atomic E-state index is 5.95. The summed E-state index contributed by atoms with van der Waals surface area (Å²) in [6.07, 6.45) is 11.1. The molecule has 1 saturated heterocycles. The van der Waals surface area contributed by atoms with Crippen molar-refractivity contribution in [3.05, 3.63) is 82.6 Å². The Labute approximate surface area is 287 Å². The molecule has 1 aliphatic carbocycles. The number of aromatic nitrogens is 1. The SMILES string of the molecule is CC.CCCc1cc(-c2ncccc2CN2CCN(CC3=C(c4cc(OC)c(OC)c(OC)c4)NCC=C3)CC2)cc(OC)c1C1CC1. The predicted octanol–water partition coefficient (Wildman–Crippen LogP) is 7.33. The van der Waals surface area contributed by atoms with Crippen molar-refractivity contribution in [3.8, 4) is 34.3 Å². The van der Waals surface area contributed by atoms with Crippen LogP contribution in [0.25, 0.3) is 17.0 Å². The minimum Gasteiger partial charge on any atom is -0.496 e. The number of dihydropyridines is 1. The standard InChI is InChI=1S/C38H48N4O4.C2H6/c1-6-9-27-20-30(21-32(43-2)35(27)26-12-13-26)36-28(10-7-14-39-36)24-41-16-18-42(19-17-41)25-29-11-8-15-40-37(29)31-22-33(44-3)38(46-5)34(23-31)45-4;1-2/h7-8,10-11,14,20-23,26,40H,6,9,12-13,15-19,24-25H2,1-5H3;1-2H3. The van der Waals surface area contributed by atoms with E-state index in [4.69, 9.17) is 23.9 Å². The van der Waals surface area contributed by atoms with Gasteiger partial charge >= 0.3 is 0 Å². The lowest BCUT2D eigenvalue weighted by molar-refractivity contribution is 0.135. The van der Waals surface area contributed by atoms with Crippen molar-refractivity contribution < 1.29 is 18.9 Å². The van der Waals surface area contributed by atoms with Gasteiger partial charge in [0, 0.05) is 74.4 Å². The molecule has 2 aliphatic heterocycles. The average Bonchev–Trinajstić information content (AvgIpc) is 3.98. The Balaban J connectivity index is 0.00000221. The Morgan fingerprint density at radius 1 is 0.792 bits per heavy atom. The van der Waals surface area contributed by atoms with Gasteiger partial charge < -0.3 is 24.3 Å². The minimum atomic E-state index is 0.603. The van der Waals surface area contributed by atoms with E-state index >= 15 is 0 Å². The van der Waals surface area contributed by atoms with Gasteiger partial charge in [0.25, 0.3) is 0 Å². The van der Waals surface area contributed by atoms with E-state index < -0.39 is 0 Å². The number of hydrogen-bond acceptors (Lipinski definition) is 8. The van der Waals surface area contributed by atoms with Gasteiger partial charge in [0.1, 0.15) is 5.75 Å². The summed E-state index contributed by atoms with van der Waals surface area (Å²) in [5.74, 6) is 3.59. The molecule has 8 nitrogen and oxygen atoms in total. The number of rotatable bonds is 13. The molecule has 48 heavy (non-hydrogen) atoms. The maximum absolute atomic E-state index is 5.95. The smallest absolute Gasteiger partial charge is 0.203 e. The molecule has 258 valence electrons. The number of ether oxygens (including phenoxy) is 4. The van der Waals surface area contributed by atoms with Crippen LogP contribution in [-0.2, 0) is 13.0 Å². The Bertz CT molecular complexity index is 1560. The monoisotopic (exact) mass is 654 g/mol. The van der Waals surface area contributed by atoms with E-state index in [-0.39, 0.29) is 0 Å². The molecule has 0 amide bonds. The third kappa shape index (κ3) is 7.99. The summed E-state index contributed by atoms with van der Waals surface area (Å²) in [7, 11) is 6.75. The highest BCUT2D eigenvalue weighted by atomic mass is 16.5. The van der Waals surface area contributed by atoms with Crippen LogP contribution >= 0.6 is 0 Å². The normalized spacial score (nSPS) is 16.6. The van der Waals surface area contributed by atoms with Gasteiger partial charge in [0.15, 0.2) is 11.5 Å². The van der Waals surface area contributed by atoms with Crippen LogP contribution in [0, 0.1) is 0 Å². The highest BCUT2D eigenvalue weighted by Crippen LogP contribution is 2.48. The lowest BCUT2D eigenvalue weighted by Gasteiger charge is -2.36. The van der Waals surface area contributed by atoms with Gasteiger partial charge in [-0.05, 0) is 72.2 Å². The highest BCUT2D eigenvalue weighted by molar-refractivity contribution is 5.75. The van der Waals surface area contributed by atoms with Crippen molar-refractivity contribution in [2.24, 2.45) is 0 Å². The van der Waals surface area contributed by atoms with E-state index in [2.05, 4.69) is 58.5 Å². The molecular weight excluding hydrogens is 600 g/mol. The van der Waals surface area contributed by atoms with Crippen LogP contribution in [0.3, 0.4) is 0 Å². The van der Waals surface area contributed by atoms with E-state index in [0.29, 0.717) is 23.2 Å². The maximum Gasteiger partial charge on any atom is 0.203 e. The Morgan fingerprint density at radius 3 is 2.04 bits per heavy atom. The number of nitrogens with zero attached hydrogens (tertiary/aromatic N) is 3. The van der Waals surface area contributed by atoms with Gasteiger partial charge in [0.2, 0.25) is 5.75 Å². The summed E-state index contributed by atoms with van der Waals surface area (Å²) in [6.45, 7) is 12.8. The van der Waals surface area contributed by atoms with Crippen molar-refractivity contribution >= 4 is 5.70 Å². The summed E-state index contributed by atoms with van der Waals surface area (Å²) in [6, 6.07) is 13.0. The van der Waals surface area contributed by atoms with E-state index in [0.717, 1.165) is 81.4 Å². The summed E-state index contributed by atoms with van der Waals surface area (Å²) >= 11 is 0. The molecule has 3 aliphatic rings. The summed E-state index contributed by atoms with van der Waals surface area (Å²) < 4.78 is 22.8. The number of aryl methyl sites for hydroxylation is 1. The van der Waals surface area contributed by atoms with Gasteiger partial charge in [-0.2, -0.15) is 0 Å². The number of piperazine rings is 1. The molecule has 0 spiro atoms. The van der Waals surface area contributed by atoms with Gasteiger partial charge in [-0.3, -0.25) is 14.8 Å². The fourth-order valence-electron chi connectivity index (χ4n) is 6.92. The van der Waals surface area contributed by atoms with Crippen LogP contribution in [-0.4, -0.2) is 82.5 Å². The zero-order valence-electron chi connectivity index (χ0n) is 30.0. The zero-order chi connectivity index (χ0) is 34.0. The first kappa shape index (κ1) is 35.3. The summed E-state index contributed by atoms with van der Waals surface area (Å²) in [4.78, 5) is 10.0. The first-order valence-electron chi connectivity index (χ1n) is 17.6. The Kier molecular flexibility index (Phi) is 12.4. The molecule has 0 radical (unpaired) electrons. The first-order chi connectivity index (χ1) is 23.6. The van der Waals surface area contributed by atoms with Crippen molar-refractivity contribution in [2.75, 3.05) is 67.7 Å². The van der Waals surface area contributed by atoms with E-state index in [9.17, 15) is 0 Å². The van der Waals surface area contributed by atoms with Crippen molar-refractivity contribution in [3.63, 3.8) is 0 Å². The van der Waals surface area contributed by atoms with Gasteiger partial charge in [-0.15, -0.1) is 0 Å². The van der Waals surface area contributed by atoms with E-state index in [1.807, 2.05) is 39.3 Å². The second-order valence-electron chi connectivity index (χ2n) is 12.4. The molecule has 0 unspecified atom stereocenters. The Hall–Kier alpha value is -4.01. The molecule has 3 heterocycles. The molecule has 6 rings (SSSR count). The fraction of sp³-hybridized carbons (Fsp3) is 0.475. The van der Waals surface area contributed by atoms with Crippen LogP contribution in [0.15, 0.2) is 60.3 Å². The molecule has 0 atom stereocenters. The second-order valence-corrected chi connectivity index (χ2v) is 12.4. The number of hydrogen-bond donors (Lipinski definition) is 1. The quantitative estimate of drug-likeness (QED) is 0.206. The van der Waals surface area contributed by atoms with Crippen LogP contribution in [0.5, 0.6) is 23.0 Å². The molecule has 1 aromatic heterocycles. The predicted molar refractivity (Wildman–Crippen MR) is 195 cm³/mol. The lowest BCUT2D eigenvalue weighted by Crippen LogP contribution is -2.46. The number of pyridine rings is 1. The average molecular weight is 655 g/mol. The molecule has 1 N–H and O–H groups in total. The fourth-order valence-corrected chi connectivity index (χ4v) is 6.92. The minimum absolute atomic E-state index is 0.603. The Morgan fingerprint density at radius 2 is 1.44 bits per heavy atom.